The first-order valence-electron chi connectivity index (χ1n) is 9.61. The summed E-state index contributed by atoms with van der Waals surface area (Å²) < 4.78 is 27.3. The molecule has 2 amide bonds. The molecule has 3 aromatic heterocycles. The highest BCUT2D eigenvalue weighted by molar-refractivity contribution is 7.91. The highest BCUT2D eigenvalue weighted by Crippen LogP contribution is 2.35. The number of hydrogen-bond acceptors (Lipinski definition) is 7. The van der Waals surface area contributed by atoms with Gasteiger partial charge in [0.2, 0.25) is 0 Å². The molecule has 1 aliphatic heterocycles. The van der Waals surface area contributed by atoms with Gasteiger partial charge in [-0.25, -0.2) is 8.42 Å². The Kier molecular flexibility index (Phi) is 6.19. The standard InChI is InChI=1S/C20H20N4O4S3/c21-18(25)14-11-17(31(27,28)24-9-2-1-3-10-24)30-20(14)23-19(26)16-7-6-15(29-16)13-5-4-8-22-12-13/h4-8,11-12H,1-3,9-10H2,(H2,21,25)(H,23,26). The van der Waals surface area contributed by atoms with E-state index in [-0.39, 0.29) is 14.8 Å². The minimum atomic E-state index is -3.74. The Morgan fingerprint density at radius 3 is 2.55 bits per heavy atom. The lowest BCUT2D eigenvalue weighted by Gasteiger charge is -2.25. The lowest BCUT2D eigenvalue weighted by atomic mass is 10.2. The fraction of sp³-hybridized carbons (Fsp3) is 0.250. The maximum atomic E-state index is 13.0. The van der Waals surface area contributed by atoms with Crippen LogP contribution >= 0.6 is 22.7 Å². The number of aromatic nitrogens is 1. The zero-order valence-electron chi connectivity index (χ0n) is 16.4. The zero-order valence-corrected chi connectivity index (χ0v) is 18.9. The first kappa shape index (κ1) is 21.6. The predicted octanol–water partition coefficient (Wildman–Crippen LogP) is 3.40. The number of amides is 2. The Hall–Kier alpha value is -2.60. The number of piperidine rings is 1. The van der Waals surface area contributed by atoms with Crippen molar-refractivity contribution < 1.29 is 18.0 Å². The van der Waals surface area contributed by atoms with Gasteiger partial charge >= 0.3 is 0 Å². The molecule has 4 heterocycles. The maximum Gasteiger partial charge on any atom is 0.266 e. The number of anilines is 1. The average Bonchev–Trinajstić information content (AvgIpc) is 3.43. The van der Waals surface area contributed by atoms with Gasteiger partial charge in [0, 0.05) is 35.9 Å². The van der Waals surface area contributed by atoms with Crippen LogP contribution in [0.5, 0.6) is 0 Å². The van der Waals surface area contributed by atoms with Crippen molar-refractivity contribution in [1.29, 1.82) is 0 Å². The van der Waals surface area contributed by atoms with E-state index in [2.05, 4.69) is 10.3 Å². The largest absolute Gasteiger partial charge is 0.366 e. The van der Waals surface area contributed by atoms with Crippen molar-refractivity contribution in [3.05, 3.63) is 53.2 Å². The van der Waals surface area contributed by atoms with Crippen LogP contribution in [0, 0.1) is 0 Å². The molecule has 1 saturated heterocycles. The fourth-order valence-electron chi connectivity index (χ4n) is 3.29. The van der Waals surface area contributed by atoms with Crippen molar-refractivity contribution in [2.75, 3.05) is 18.4 Å². The van der Waals surface area contributed by atoms with Crippen LogP contribution in [0.3, 0.4) is 0 Å². The second-order valence-electron chi connectivity index (χ2n) is 7.00. The van der Waals surface area contributed by atoms with E-state index in [1.54, 1.807) is 18.5 Å². The number of sulfonamides is 1. The normalized spacial score (nSPS) is 15.0. The van der Waals surface area contributed by atoms with E-state index in [4.69, 9.17) is 5.73 Å². The van der Waals surface area contributed by atoms with Crippen LogP contribution in [0.25, 0.3) is 10.4 Å². The minimum Gasteiger partial charge on any atom is -0.366 e. The number of nitrogens with one attached hydrogen (secondary N) is 1. The number of nitrogens with two attached hydrogens (primary N) is 1. The summed E-state index contributed by atoms with van der Waals surface area (Å²) in [5.74, 6) is -1.24. The summed E-state index contributed by atoms with van der Waals surface area (Å²) in [4.78, 5) is 30.0. The zero-order chi connectivity index (χ0) is 22.0. The highest BCUT2D eigenvalue weighted by Gasteiger charge is 2.30. The maximum absolute atomic E-state index is 13.0. The monoisotopic (exact) mass is 476 g/mol. The third kappa shape index (κ3) is 4.54. The third-order valence-electron chi connectivity index (χ3n) is 4.89. The molecule has 8 nitrogen and oxygen atoms in total. The van der Waals surface area contributed by atoms with Gasteiger partial charge in [-0.15, -0.1) is 22.7 Å². The van der Waals surface area contributed by atoms with Crippen LogP contribution < -0.4 is 11.1 Å². The van der Waals surface area contributed by atoms with Gasteiger partial charge < -0.3 is 11.1 Å². The molecule has 11 heteroatoms. The molecule has 0 saturated carbocycles. The molecule has 0 aromatic carbocycles. The molecule has 162 valence electrons. The van der Waals surface area contributed by atoms with Crippen molar-refractivity contribution in [3.8, 4) is 10.4 Å². The van der Waals surface area contributed by atoms with Crippen LogP contribution in [0.2, 0.25) is 0 Å². The Morgan fingerprint density at radius 1 is 1.10 bits per heavy atom. The summed E-state index contributed by atoms with van der Waals surface area (Å²) in [6.45, 7) is 0.889. The van der Waals surface area contributed by atoms with Crippen LogP contribution in [-0.2, 0) is 10.0 Å². The smallest absolute Gasteiger partial charge is 0.266 e. The van der Waals surface area contributed by atoms with Gasteiger partial charge in [-0.05, 0) is 37.1 Å². The van der Waals surface area contributed by atoms with Gasteiger partial charge in [-0.1, -0.05) is 12.5 Å². The molecule has 31 heavy (non-hydrogen) atoms. The molecule has 3 N–H and O–H groups in total. The summed E-state index contributed by atoms with van der Waals surface area (Å²) in [7, 11) is -3.74. The van der Waals surface area contributed by atoms with E-state index in [0.29, 0.717) is 18.0 Å². The van der Waals surface area contributed by atoms with E-state index in [1.165, 1.54) is 21.7 Å². The van der Waals surface area contributed by atoms with Crippen LogP contribution in [-0.4, -0.2) is 42.6 Å². The summed E-state index contributed by atoms with van der Waals surface area (Å²) in [6.07, 6.45) is 5.97. The molecule has 1 fully saturated rings. The Labute approximate surface area is 187 Å². The van der Waals surface area contributed by atoms with E-state index >= 15 is 0 Å². The van der Waals surface area contributed by atoms with Gasteiger partial charge in [-0.3, -0.25) is 14.6 Å². The summed E-state index contributed by atoms with van der Waals surface area (Å²) in [6, 6.07) is 8.44. The van der Waals surface area contributed by atoms with Gasteiger partial charge in [0.1, 0.15) is 9.21 Å². The van der Waals surface area contributed by atoms with Crippen molar-refractivity contribution >= 4 is 49.5 Å². The molecular formula is C20H20N4O4S3. The quantitative estimate of drug-likeness (QED) is 0.565. The Balaban J connectivity index is 1.59. The number of carbonyl (C=O) groups is 2. The summed E-state index contributed by atoms with van der Waals surface area (Å²) in [5.41, 5.74) is 6.32. The van der Waals surface area contributed by atoms with E-state index < -0.39 is 21.8 Å². The lowest BCUT2D eigenvalue weighted by Crippen LogP contribution is -2.35. The van der Waals surface area contributed by atoms with Crippen LogP contribution in [0.4, 0.5) is 5.00 Å². The number of pyridine rings is 1. The molecule has 4 rings (SSSR count). The number of thiophene rings is 2. The van der Waals surface area contributed by atoms with Crippen LogP contribution in [0.15, 0.2) is 46.9 Å². The fourth-order valence-corrected chi connectivity index (χ4v) is 7.22. The number of carbonyl (C=O) groups excluding carboxylic acids is 2. The summed E-state index contributed by atoms with van der Waals surface area (Å²) in [5, 5.41) is 2.79. The second kappa shape index (κ2) is 8.87. The Morgan fingerprint density at radius 2 is 1.87 bits per heavy atom. The van der Waals surface area contributed by atoms with Crippen molar-refractivity contribution in [2.45, 2.75) is 23.5 Å². The van der Waals surface area contributed by atoms with Gasteiger partial charge in [0.05, 0.1) is 10.4 Å². The summed E-state index contributed by atoms with van der Waals surface area (Å²) >= 11 is 2.12. The number of nitrogens with zero attached hydrogens (tertiary/aromatic N) is 2. The molecule has 0 bridgehead atoms. The molecule has 0 radical (unpaired) electrons. The van der Waals surface area contributed by atoms with Crippen molar-refractivity contribution in [2.24, 2.45) is 5.73 Å². The molecular weight excluding hydrogens is 456 g/mol. The number of rotatable bonds is 6. The number of hydrogen-bond donors (Lipinski definition) is 2. The second-order valence-corrected chi connectivity index (χ2v) is 11.3. The van der Waals surface area contributed by atoms with E-state index in [9.17, 15) is 18.0 Å². The van der Waals surface area contributed by atoms with Gasteiger partial charge in [-0.2, -0.15) is 4.31 Å². The number of primary amides is 1. The van der Waals surface area contributed by atoms with Crippen molar-refractivity contribution in [1.82, 2.24) is 9.29 Å². The molecule has 0 unspecified atom stereocenters. The van der Waals surface area contributed by atoms with E-state index in [1.807, 2.05) is 18.2 Å². The van der Waals surface area contributed by atoms with Gasteiger partial charge in [0.15, 0.2) is 0 Å². The molecule has 0 atom stereocenters. The molecule has 0 aliphatic carbocycles. The lowest BCUT2D eigenvalue weighted by molar-refractivity contribution is 0.100. The average molecular weight is 477 g/mol. The minimum absolute atomic E-state index is 0.000675. The van der Waals surface area contributed by atoms with Crippen molar-refractivity contribution in [3.63, 3.8) is 0 Å². The Bertz CT molecular complexity index is 1210. The topological polar surface area (TPSA) is 122 Å². The SMILES string of the molecule is NC(=O)c1cc(S(=O)(=O)N2CCCCC2)sc1NC(=O)c1ccc(-c2cccnc2)s1. The molecule has 0 spiro atoms. The molecule has 1 aliphatic rings. The van der Waals surface area contributed by atoms with Gasteiger partial charge in [0.25, 0.3) is 21.8 Å². The van der Waals surface area contributed by atoms with E-state index in [0.717, 1.165) is 41.0 Å². The van der Waals surface area contributed by atoms with Crippen LogP contribution in [0.1, 0.15) is 39.3 Å². The first-order chi connectivity index (χ1) is 14.9. The molecule has 3 aromatic rings. The predicted molar refractivity (Wildman–Crippen MR) is 121 cm³/mol. The highest BCUT2D eigenvalue weighted by atomic mass is 32.2. The first-order valence-corrected chi connectivity index (χ1v) is 12.7. The third-order valence-corrected chi connectivity index (χ3v) is 9.42.